The van der Waals surface area contributed by atoms with Crippen molar-refractivity contribution in [1.82, 2.24) is 9.80 Å². The van der Waals surface area contributed by atoms with E-state index in [0.29, 0.717) is 12.1 Å². The van der Waals surface area contributed by atoms with Crippen LogP contribution in [0.25, 0.3) is 0 Å². The molecule has 0 N–H and O–H groups in total. The van der Waals surface area contributed by atoms with Gasteiger partial charge in [-0.2, -0.15) is 0 Å². The van der Waals surface area contributed by atoms with Gasteiger partial charge in [0.2, 0.25) is 0 Å². The van der Waals surface area contributed by atoms with E-state index in [-0.39, 0.29) is 0 Å². The van der Waals surface area contributed by atoms with Gasteiger partial charge in [0, 0.05) is 25.7 Å². The summed E-state index contributed by atoms with van der Waals surface area (Å²) in [6.07, 6.45) is 8.70. The first kappa shape index (κ1) is 11.7. The summed E-state index contributed by atoms with van der Waals surface area (Å²) in [6.45, 7) is 4.93. The fourth-order valence-electron chi connectivity index (χ4n) is 3.03. The minimum absolute atomic E-state index is 0.300. The lowest BCUT2D eigenvalue weighted by Crippen LogP contribution is -2.48. The number of urea groups is 1. The molecule has 16 heavy (non-hydrogen) atoms. The zero-order valence-corrected chi connectivity index (χ0v) is 10.5. The average molecular weight is 224 g/mol. The monoisotopic (exact) mass is 224 g/mol. The molecule has 1 saturated carbocycles. The van der Waals surface area contributed by atoms with E-state index in [1.807, 2.05) is 0 Å². The van der Waals surface area contributed by atoms with E-state index in [2.05, 4.69) is 16.7 Å². The van der Waals surface area contributed by atoms with E-state index in [4.69, 9.17) is 0 Å². The normalized spacial score (nSPS) is 22.4. The molecule has 0 bridgehead atoms. The fraction of sp³-hybridized carbons (Fsp3) is 0.923. The van der Waals surface area contributed by atoms with Crippen LogP contribution < -0.4 is 0 Å². The first-order chi connectivity index (χ1) is 7.83. The molecule has 1 aliphatic carbocycles. The van der Waals surface area contributed by atoms with Gasteiger partial charge in [-0.15, -0.1) is 0 Å². The molecule has 1 saturated heterocycles. The lowest BCUT2D eigenvalue weighted by molar-refractivity contribution is 0.128. The van der Waals surface area contributed by atoms with Gasteiger partial charge in [-0.25, -0.2) is 4.79 Å². The van der Waals surface area contributed by atoms with Gasteiger partial charge in [-0.1, -0.05) is 12.8 Å². The predicted molar refractivity (Wildman–Crippen MR) is 65.5 cm³/mol. The summed E-state index contributed by atoms with van der Waals surface area (Å²) < 4.78 is 0. The largest absolute Gasteiger partial charge is 0.325 e. The van der Waals surface area contributed by atoms with Crippen molar-refractivity contribution >= 4 is 6.03 Å². The average Bonchev–Trinajstić information content (AvgIpc) is 2.85. The van der Waals surface area contributed by atoms with Crippen molar-refractivity contribution in [1.29, 1.82) is 0 Å². The summed E-state index contributed by atoms with van der Waals surface area (Å²) in [5.41, 5.74) is 0. The number of likely N-dealkylation sites (tertiary alicyclic amines) is 1. The molecule has 0 aromatic carbocycles. The van der Waals surface area contributed by atoms with Crippen LogP contribution in [0.2, 0.25) is 0 Å². The molecule has 2 aliphatic rings. The Morgan fingerprint density at radius 1 is 1.12 bits per heavy atom. The van der Waals surface area contributed by atoms with Crippen LogP contribution in [-0.2, 0) is 0 Å². The summed E-state index contributed by atoms with van der Waals surface area (Å²) in [6, 6.07) is 0.827. The molecule has 0 aromatic heterocycles. The molecule has 0 aromatic rings. The Kier molecular flexibility index (Phi) is 4.08. The van der Waals surface area contributed by atoms with Crippen molar-refractivity contribution in [3.8, 4) is 0 Å². The second-order valence-electron chi connectivity index (χ2n) is 5.05. The van der Waals surface area contributed by atoms with Crippen molar-refractivity contribution in [2.75, 3.05) is 19.6 Å². The molecule has 92 valence electrons. The van der Waals surface area contributed by atoms with E-state index >= 15 is 0 Å². The van der Waals surface area contributed by atoms with Crippen molar-refractivity contribution in [2.45, 2.75) is 57.9 Å². The third-order valence-electron chi connectivity index (χ3n) is 3.98. The minimum atomic E-state index is 0.300. The summed E-state index contributed by atoms with van der Waals surface area (Å²) in [5.74, 6) is 0. The second kappa shape index (κ2) is 5.55. The van der Waals surface area contributed by atoms with E-state index < -0.39 is 0 Å². The zero-order valence-electron chi connectivity index (χ0n) is 10.5. The molecule has 3 nitrogen and oxygen atoms in total. The summed E-state index contributed by atoms with van der Waals surface area (Å²) >= 11 is 0. The Morgan fingerprint density at radius 2 is 1.75 bits per heavy atom. The third-order valence-corrected chi connectivity index (χ3v) is 3.98. The number of carbonyl (C=O) groups is 1. The van der Waals surface area contributed by atoms with E-state index in [1.54, 1.807) is 0 Å². The SMILES string of the molecule is CCN(C(=O)N1CCCCC1)C1CCCC1. The second-order valence-corrected chi connectivity index (χ2v) is 5.05. The molecular weight excluding hydrogens is 200 g/mol. The Labute approximate surface area is 98.8 Å². The molecule has 0 radical (unpaired) electrons. The smallest absolute Gasteiger partial charge is 0.320 e. The van der Waals surface area contributed by atoms with E-state index in [0.717, 1.165) is 19.6 Å². The lowest BCUT2D eigenvalue weighted by atomic mass is 10.1. The van der Waals surface area contributed by atoms with Crippen LogP contribution in [-0.4, -0.2) is 41.5 Å². The molecule has 2 rings (SSSR count). The van der Waals surface area contributed by atoms with Crippen LogP contribution in [0.4, 0.5) is 4.79 Å². The molecule has 0 spiro atoms. The van der Waals surface area contributed by atoms with Crippen molar-refractivity contribution in [2.24, 2.45) is 0 Å². The molecule has 1 heterocycles. The maximum Gasteiger partial charge on any atom is 0.320 e. The van der Waals surface area contributed by atoms with Gasteiger partial charge in [0.25, 0.3) is 0 Å². The van der Waals surface area contributed by atoms with Gasteiger partial charge in [0.15, 0.2) is 0 Å². The Bertz CT molecular complexity index is 230. The predicted octanol–water partition coefficient (Wildman–Crippen LogP) is 2.86. The first-order valence-electron chi connectivity index (χ1n) is 6.88. The van der Waals surface area contributed by atoms with Crippen molar-refractivity contribution < 1.29 is 4.79 Å². The van der Waals surface area contributed by atoms with Crippen LogP contribution >= 0.6 is 0 Å². The van der Waals surface area contributed by atoms with Gasteiger partial charge in [-0.05, 0) is 39.0 Å². The maximum atomic E-state index is 12.4. The molecule has 2 amide bonds. The summed E-state index contributed by atoms with van der Waals surface area (Å²) in [4.78, 5) is 16.5. The van der Waals surface area contributed by atoms with Gasteiger partial charge >= 0.3 is 6.03 Å². The Balaban J connectivity index is 1.93. The number of hydrogen-bond donors (Lipinski definition) is 0. The van der Waals surface area contributed by atoms with Crippen LogP contribution in [0, 0.1) is 0 Å². The van der Waals surface area contributed by atoms with Crippen molar-refractivity contribution in [3.05, 3.63) is 0 Å². The summed E-state index contributed by atoms with van der Waals surface area (Å²) in [7, 11) is 0. The van der Waals surface area contributed by atoms with Crippen LogP contribution in [0.1, 0.15) is 51.9 Å². The number of rotatable bonds is 2. The Hall–Kier alpha value is -0.730. The minimum Gasteiger partial charge on any atom is -0.325 e. The van der Waals surface area contributed by atoms with E-state index in [1.165, 1.54) is 44.9 Å². The van der Waals surface area contributed by atoms with Crippen LogP contribution in [0.15, 0.2) is 0 Å². The standard InChI is InChI=1S/C13H24N2O/c1-2-15(12-8-4-5-9-12)13(16)14-10-6-3-7-11-14/h12H,2-11H2,1H3. The maximum absolute atomic E-state index is 12.4. The highest BCUT2D eigenvalue weighted by Crippen LogP contribution is 2.24. The molecule has 3 heteroatoms. The highest BCUT2D eigenvalue weighted by atomic mass is 16.2. The van der Waals surface area contributed by atoms with E-state index in [9.17, 15) is 4.79 Å². The summed E-state index contributed by atoms with van der Waals surface area (Å²) in [5, 5.41) is 0. The number of hydrogen-bond acceptors (Lipinski definition) is 1. The number of amides is 2. The lowest BCUT2D eigenvalue weighted by Gasteiger charge is -2.35. The van der Waals surface area contributed by atoms with Gasteiger partial charge in [0.05, 0.1) is 0 Å². The fourth-order valence-corrected chi connectivity index (χ4v) is 3.03. The quantitative estimate of drug-likeness (QED) is 0.707. The molecule has 1 aliphatic heterocycles. The molecule has 2 fully saturated rings. The number of piperidine rings is 1. The van der Waals surface area contributed by atoms with Gasteiger partial charge < -0.3 is 9.80 Å². The van der Waals surface area contributed by atoms with Gasteiger partial charge in [0.1, 0.15) is 0 Å². The number of carbonyl (C=O) groups excluding carboxylic acids is 1. The van der Waals surface area contributed by atoms with Crippen molar-refractivity contribution in [3.63, 3.8) is 0 Å². The topological polar surface area (TPSA) is 23.6 Å². The van der Waals surface area contributed by atoms with Crippen LogP contribution in [0.3, 0.4) is 0 Å². The first-order valence-corrected chi connectivity index (χ1v) is 6.88. The molecule has 0 unspecified atom stereocenters. The number of nitrogens with zero attached hydrogens (tertiary/aromatic N) is 2. The third kappa shape index (κ3) is 2.50. The highest BCUT2D eigenvalue weighted by Gasteiger charge is 2.28. The Morgan fingerprint density at radius 3 is 2.31 bits per heavy atom. The molecule has 0 atom stereocenters. The molecular formula is C13H24N2O. The highest BCUT2D eigenvalue weighted by molar-refractivity contribution is 5.75. The van der Waals surface area contributed by atoms with Crippen LogP contribution in [0.5, 0.6) is 0 Å². The van der Waals surface area contributed by atoms with Gasteiger partial charge in [-0.3, -0.25) is 0 Å². The zero-order chi connectivity index (χ0) is 11.4.